The summed E-state index contributed by atoms with van der Waals surface area (Å²) < 4.78 is 32.6. The van der Waals surface area contributed by atoms with Crippen molar-refractivity contribution < 1.29 is 23.4 Å². The van der Waals surface area contributed by atoms with Gasteiger partial charge in [0.05, 0.1) is 19.5 Å². The lowest BCUT2D eigenvalue weighted by Gasteiger charge is -2.42. The minimum absolute atomic E-state index is 0.00978. The van der Waals surface area contributed by atoms with E-state index < -0.39 is 16.0 Å². The van der Waals surface area contributed by atoms with Crippen LogP contribution >= 0.6 is 0 Å². The maximum Gasteiger partial charge on any atom is 0.226 e. The van der Waals surface area contributed by atoms with Crippen molar-refractivity contribution in [2.24, 2.45) is 0 Å². The summed E-state index contributed by atoms with van der Waals surface area (Å²) in [6, 6.07) is 14.2. The van der Waals surface area contributed by atoms with Crippen LogP contribution < -0.4 is 4.74 Å². The van der Waals surface area contributed by atoms with Crippen molar-refractivity contribution in [1.29, 1.82) is 0 Å². The average Bonchev–Trinajstić information content (AvgIpc) is 2.85. The van der Waals surface area contributed by atoms with Crippen molar-refractivity contribution >= 4 is 16.3 Å². The van der Waals surface area contributed by atoms with Gasteiger partial charge in [-0.15, -0.1) is 4.31 Å². The number of para-hydroxylation sites is 1. The number of amides is 1. The Balaban J connectivity index is 1.49. The number of aromatic hydroxyl groups is 1. The first-order valence-electron chi connectivity index (χ1n) is 10.0. The highest BCUT2D eigenvalue weighted by Gasteiger charge is 2.44. The minimum atomic E-state index is -3.39. The molecule has 1 unspecified atom stereocenters. The molecule has 160 valence electrons. The second kappa shape index (κ2) is 8.02. The SMILES string of the molecule is C[S+](=O)([O-])N1Cc2ccccc2OC2(CCN(C(=O)Cc3cccc(O)c3)CC2)C1. The molecule has 2 aliphatic rings. The molecule has 1 saturated heterocycles. The summed E-state index contributed by atoms with van der Waals surface area (Å²) in [5.41, 5.74) is 0.961. The first-order valence-corrected chi connectivity index (χ1v) is 11.9. The van der Waals surface area contributed by atoms with Crippen LogP contribution in [0.15, 0.2) is 48.5 Å². The maximum atomic E-state index is 12.7. The van der Waals surface area contributed by atoms with Crippen LogP contribution in [0.1, 0.15) is 24.0 Å². The van der Waals surface area contributed by atoms with Gasteiger partial charge in [-0.05, 0) is 23.8 Å². The van der Waals surface area contributed by atoms with Crippen LogP contribution in [-0.2, 0) is 32.4 Å². The zero-order valence-electron chi connectivity index (χ0n) is 17.0. The molecule has 0 aromatic heterocycles. The second-order valence-electron chi connectivity index (χ2n) is 8.15. The topological polar surface area (TPSA) is 93.1 Å². The van der Waals surface area contributed by atoms with E-state index in [1.807, 2.05) is 30.3 Å². The van der Waals surface area contributed by atoms with Gasteiger partial charge in [0.1, 0.15) is 33.8 Å². The summed E-state index contributed by atoms with van der Waals surface area (Å²) in [5, 5.41) is 9.60. The largest absolute Gasteiger partial charge is 0.598 e. The zero-order chi connectivity index (χ0) is 21.4. The number of fused-ring (bicyclic) bond motifs is 1. The highest BCUT2D eigenvalue weighted by Crippen LogP contribution is 2.37. The molecule has 0 radical (unpaired) electrons. The van der Waals surface area contributed by atoms with Crippen molar-refractivity contribution in [2.75, 3.05) is 25.9 Å². The van der Waals surface area contributed by atoms with Crippen LogP contribution in [-0.4, -0.2) is 56.3 Å². The number of rotatable bonds is 3. The van der Waals surface area contributed by atoms with Gasteiger partial charge in [0.15, 0.2) is 0 Å². The summed E-state index contributed by atoms with van der Waals surface area (Å²) in [4.78, 5) is 14.5. The molecule has 30 heavy (non-hydrogen) atoms. The third kappa shape index (κ3) is 4.50. The quantitative estimate of drug-likeness (QED) is 0.755. The number of hydrogen-bond acceptors (Lipinski definition) is 5. The van der Waals surface area contributed by atoms with E-state index in [4.69, 9.17) is 4.74 Å². The Labute approximate surface area is 177 Å². The number of ether oxygens (including phenoxy) is 1. The Morgan fingerprint density at radius 2 is 1.93 bits per heavy atom. The number of piperidine rings is 1. The number of nitrogens with zero attached hydrogens (tertiary/aromatic N) is 2. The molecule has 7 nitrogen and oxygen atoms in total. The first-order chi connectivity index (χ1) is 14.2. The lowest BCUT2D eigenvalue weighted by atomic mass is 9.90. The van der Waals surface area contributed by atoms with Crippen molar-refractivity contribution in [3.63, 3.8) is 0 Å². The van der Waals surface area contributed by atoms with Gasteiger partial charge in [-0.25, -0.2) is 0 Å². The molecular formula is C22H26N2O5S. The van der Waals surface area contributed by atoms with Gasteiger partial charge in [0.25, 0.3) is 0 Å². The van der Waals surface area contributed by atoms with E-state index in [1.165, 1.54) is 10.6 Å². The molecule has 2 aromatic carbocycles. The van der Waals surface area contributed by atoms with Gasteiger partial charge in [0.2, 0.25) is 5.91 Å². The molecule has 0 aliphatic carbocycles. The molecule has 0 bridgehead atoms. The molecule has 0 saturated carbocycles. The van der Waals surface area contributed by atoms with Crippen molar-refractivity contribution in [1.82, 2.24) is 9.21 Å². The molecule has 1 spiro atoms. The fourth-order valence-electron chi connectivity index (χ4n) is 4.18. The zero-order valence-corrected chi connectivity index (χ0v) is 17.8. The van der Waals surface area contributed by atoms with Crippen molar-refractivity contribution in [3.8, 4) is 11.5 Å². The van der Waals surface area contributed by atoms with Gasteiger partial charge in [-0.2, -0.15) is 0 Å². The van der Waals surface area contributed by atoms with Gasteiger partial charge >= 0.3 is 0 Å². The van der Waals surface area contributed by atoms with E-state index in [-0.39, 0.29) is 31.2 Å². The number of phenolic OH excluding ortho intramolecular Hbond substituents is 1. The number of likely N-dealkylation sites (tertiary alicyclic amines) is 1. The molecule has 4 rings (SSSR count). The molecule has 1 N–H and O–H groups in total. The number of carbonyl (C=O) groups excluding carboxylic acids is 1. The summed E-state index contributed by atoms with van der Waals surface area (Å²) >= 11 is 0. The number of sulfonamides is 1. The monoisotopic (exact) mass is 430 g/mol. The Morgan fingerprint density at radius 3 is 2.63 bits per heavy atom. The van der Waals surface area contributed by atoms with Gasteiger partial charge < -0.3 is 19.3 Å². The lowest BCUT2D eigenvalue weighted by molar-refractivity contribution is -0.134. The third-order valence-electron chi connectivity index (χ3n) is 5.87. The van der Waals surface area contributed by atoms with E-state index in [9.17, 15) is 18.7 Å². The minimum Gasteiger partial charge on any atom is -0.598 e. The fraction of sp³-hybridized carbons (Fsp3) is 0.409. The van der Waals surface area contributed by atoms with Crippen LogP contribution in [0.2, 0.25) is 0 Å². The van der Waals surface area contributed by atoms with E-state index in [0.29, 0.717) is 31.7 Å². The predicted octanol–water partition coefficient (Wildman–Crippen LogP) is 2.37. The predicted molar refractivity (Wildman–Crippen MR) is 113 cm³/mol. The molecule has 8 heteroatoms. The van der Waals surface area contributed by atoms with Crippen molar-refractivity contribution in [3.05, 3.63) is 59.7 Å². The Bertz CT molecular complexity index is 981. The number of benzene rings is 2. The molecule has 1 amide bonds. The molecule has 1 fully saturated rings. The van der Waals surface area contributed by atoms with Crippen molar-refractivity contribution in [2.45, 2.75) is 31.4 Å². The van der Waals surface area contributed by atoms with Gasteiger partial charge in [-0.1, -0.05) is 34.5 Å². The van der Waals surface area contributed by atoms with E-state index >= 15 is 0 Å². The van der Waals surface area contributed by atoms with E-state index in [1.54, 1.807) is 23.1 Å². The van der Waals surface area contributed by atoms with Crippen LogP contribution in [0.4, 0.5) is 0 Å². The fourth-order valence-corrected chi connectivity index (χ4v) is 5.02. The number of carbonyl (C=O) groups is 1. The van der Waals surface area contributed by atoms with Crippen LogP contribution in [0.5, 0.6) is 11.5 Å². The molecule has 1 atom stereocenters. The highest BCUT2D eigenvalue weighted by molar-refractivity contribution is 7.94. The standard InChI is InChI=1S/C22H26N2O5S/c1-30(27,28)24-15-18-6-2-3-8-20(18)29-22(16-24)9-11-23(12-10-22)21(26)14-17-5-4-7-19(25)13-17/h2-8,13H,9-12,14-16H2,1H3,(H-,25,27,28). The normalized spacial score (nSPS) is 20.7. The van der Waals surface area contributed by atoms with Crippen LogP contribution in [0.3, 0.4) is 0 Å². The second-order valence-corrected chi connectivity index (χ2v) is 10.1. The average molecular weight is 431 g/mol. The highest BCUT2D eigenvalue weighted by atomic mass is 32.3. The number of phenols is 1. The molecular weight excluding hydrogens is 404 g/mol. The summed E-state index contributed by atoms with van der Waals surface area (Å²) in [6.07, 6.45) is 2.56. The van der Waals surface area contributed by atoms with Crippen LogP contribution in [0.25, 0.3) is 0 Å². The number of hydrogen-bond donors (Lipinski definition) is 1. The van der Waals surface area contributed by atoms with Gasteiger partial charge in [0, 0.05) is 31.5 Å². The summed E-state index contributed by atoms with van der Waals surface area (Å²) in [5.74, 6) is 0.844. The lowest BCUT2D eigenvalue weighted by Crippen LogP contribution is -2.55. The Hall–Kier alpha value is -2.42. The molecule has 2 aromatic rings. The third-order valence-corrected chi connectivity index (χ3v) is 7.07. The molecule has 2 aliphatic heterocycles. The first kappa shape index (κ1) is 20.8. The Kier molecular flexibility index (Phi) is 5.57. The van der Waals surface area contributed by atoms with E-state index in [0.717, 1.165) is 11.1 Å². The summed E-state index contributed by atoms with van der Waals surface area (Å²) in [7, 11) is -3.39. The maximum absolute atomic E-state index is 12.7. The van der Waals surface area contributed by atoms with Crippen LogP contribution in [0, 0.1) is 0 Å². The Morgan fingerprint density at radius 1 is 1.20 bits per heavy atom. The molecule has 2 heterocycles. The smallest absolute Gasteiger partial charge is 0.226 e. The van der Waals surface area contributed by atoms with E-state index in [2.05, 4.69) is 0 Å². The van der Waals surface area contributed by atoms with Gasteiger partial charge in [-0.3, -0.25) is 4.79 Å². The summed E-state index contributed by atoms with van der Waals surface area (Å²) in [6.45, 7) is 1.56.